The molecule has 1 rings (SSSR count). The third-order valence-electron chi connectivity index (χ3n) is 11.2. The molecule has 0 saturated heterocycles. The largest absolute Gasteiger partial charge is 0.472 e. The summed E-state index contributed by atoms with van der Waals surface area (Å²) in [6.07, 6.45) is 42.1. The summed E-state index contributed by atoms with van der Waals surface area (Å²) in [4.78, 5) is 35.8. The number of carbonyl (C=O) groups is 2. The van der Waals surface area contributed by atoms with E-state index in [0.717, 1.165) is 70.6 Å². The van der Waals surface area contributed by atoms with Crippen LogP contribution in [0.4, 0.5) is 0 Å². The van der Waals surface area contributed by atoms with Crippen LogP contribution in [-0.2, 0) is 32.7 Å². The molecule has 8 atom stereocenters. The fourth-order valence-corrected chi connectivity index (χ4v) is 8.08. The van der Waals surface area contributed by atoms with Gasteiger partial charge in [0.15, 0.2) is 6.10 Å². The van der Waals surface area contributed by atoms with Crippen molar-refractivity contribution in [3.05, 3.63) is 85.1 Å². The zero-order valence-corrected chi connectivity index (χ0v) is 41.8. The van der Waals surface area contributed by atoms with Gasteiger partial charge in [0.05, 0.1) is 6.61 Å². The minimum atomic E-state index is -5.15. The van der Waals surface area contributed by atoms with Crippen LogP contribution in [-0.4, -0.2) is 98.3 Å². The number of esters is 2. The summed E-state index contributed by atoms with van der Waals surface area (Å²) >= 11 is 0. The van der Waals surface area contributed by atoms with Crippen LogP contribution >= 0.6 is 7.82 Å². The average Bonchev–Trinajstić information content (AvgIpc) is 3.31. The van der Waals surface area contributed by atoms with Crippen molar-refractivity contribution >= 4 is 19.8 Å². The maximum absolute atomic E-state index is 12.8. The second-order valence-electron chi connectivity index (χ2n) is 17.3. The van der Waals surface area contributed by atoms with Gasteiger partial charge < -0.3 is 39.9 Å². The molecule has 0 amide bonds. The molecule has 1 saturated carbocycles. The van der Waals surface area contributed by atoms with Crippen molar-refractivity contribution in [3.8, 4) is 0 Å². The van der Waals surface area contributed by atoms with Crippen LogP contribution in [0.25, 0.3) is 0 Å². The highest BCUT2D eigenvalue weighted by Crippen LogP contribution is 2.47. The van der Waals surface area contributed by atoms with Gasteiger partial charge in [-0.2, -0.15) is 0 Å². The quantitative estimate of drug-likeness (QED) is 0.0146. The first kappa shape index (κ1) is 62.0. The van der Waals surface area contributed by atoms with Crippen LogP contribution < -0.4 is 0 Å². The summed E-state index contributed by atoms with van der Waals surface area (Å²) in [6.45, 7) is 3.21. The van der Waals surface area contributed by atoms with Crippen LogP contribution in [0.1, 0.15) is 181 Å². The number of aliphatic hydroxyl groups is 5. The van der Waals surface area contributed by atoms with Crippen molar-refractivity contribution in [2.24, 2.45) is 0 Å². The summed E-state index contributed by atoms with van der Waals surface area (Å²) in [5.74, 6) is -1.20. The summed E-state index contributed by atoms with van der Waals surface area (Å²) in [5.41, 5.74) is 0. The Morgan fingerprint density at radius 3 is 1.30 bits per heavy atom. The van der Waals surface area contributed by atoms with E-state index in [0.29, 0.717) is 19.3 Å². The third kappa shape index (κ3) is 34.1. The first-order valence-corrected chi connectivity index (χ1v) is 26.9. The number of ether oxygens (including phenoxy) is 2. The summed E-state index contributed by atoms with van der Waals surface area (Å²) in [6, 6.07) is 0. The summed E-state index contributed by atoms with van der Waals surface area (Å²) in [7, 11) is -5.15. The standard InChI is InChI=1S/C53H89O13P/c1-3-5-7-9-11-13-15-17-19-21-22-23-24-26-28-30-32-34-36-38-40-42-47(55)65-45(44-64-67(61,62)66-53-51(59)49(57)48(56)50(58)52(53)60)43-63-46(54)41-39-37-35-33-31-29-27-25-20-18-16-14-12-10-8-6-4-2/h12,14,18-21,23-24,27-30,34,36,45,48-53,56-60H,3-11,13,15-17,22,25-26,31-33,35,37-44H2,1-2H3,(H,61,62)/b14-12+,20-18+,21-19+,24-23+,29-27+,30-28+,36-34+/t45-,48?,49-,50?,51?,52?,53?/m1/s1. The predicted molar refractivity (Wildman–Crippen MR) is 267 cm³/mol. The lowest BCUT2D eigenvalue weighted by atomic mass is 9.85. The van der Waals surface area contributed by atoms with E-state index in [9.17, 15) is 44.6 Å². The topological polar surface area (TPSA) is 210 Å². The molecule has 0 aliphatic heterocycles. The number of rotatable bonds is 41. The number of phosphoric acid groups is 1. The molecule has 6 unspecified atom stereocenters. The molecule has 6 N–H and O–H groups in total. The lowest BCUT2D eigenvalue weighted by Crippen LogP contribution is -2.64. The van der Waals surface area contributed by atoms with E-state index in [1.165, 1.54) is 64.2 Å². The first-order chi connectivity index (χ1) is 32.4. The predicted octanol–water partition coefficient (Wildman–Crippen LogP) is 10.8. The Morgan fingerprint density at radius 2 is 0.821 bits per heavy atom. The highest BCUT2D eigenvalue weighted by atomic mass is 31.2. The van der Waals surface area contributed by atoms with Crippen molar-refractivity contribution in [1.82, 2.24) is 0 Å². The van der Waals surface area contributed by atoms with E-state index in [4.69, 9.17) is 18.5 Å². The zero-order chi connectivity index (χ0) is 49.2. The maximum Gasteiger partial charge on any atom is 0.472 e. The first-order valence-electron chi connectivity index (χ1n) is 25.4. The average molecular weight is 965 g/mol. The number of hydrogen-bond donors (Lipinski definition) is 6. The lowest BCUT2D eigenvalue weighted by Gasteiger charge is -2.41. The van der Waals surface area contributed by atoms with Crippen molar-refractivity contribution in [1.29, 1.82) is 0 Å². The Hall–Kier alpha value is -2.97. The molecule has 0 radical (unpaired) electrons. The SMILES string of the molecule is CCCCC/C=C/C/C=C/C/C=C/CCCCCCC(=O)OC[C@H](COP(=O)(O)OC1C(O)C(O)C(O)[C@@H](O)C1O)OC(=O)CCC/C=C/C/C=C/C/C=C/C/C=C/CCCCCCCCC. The highest BCUT2D eigenvalue weighted by Gasteiger charge is 2.51. The summed E-state index contributed by atoms with van der Waals surface area (Å²) < 4.78 is 33.5. The fourth-order valence-electron chi connectivity index (χ4n) is 7.11. The van der Waals surface area contributed by atoms with E-state index in [1.807, 2.05) is 12.2 Å². The third-order valence-corrected chi connectivity index (χ3v) is 12.2. The lowest BCUT2D eigenvalue weighted by molar-refractivity contribution is -0.220. The van der Waals surface area contributed by atoms with E-state index in [1.54, 1.807) is 0 Å². The van der Waals surface area contributed by atoms with Crippen LogP contribution in [0.2, 0.25) is 0 Å². The fraction of sp³-hybridized carbons (Fsp3) is 0.698. The highest BCUT2D eigenvalue weighted by molar-refractivity contribution is 7.47. The minimum absolute atomic E-state index is 0.0114. The van der Waals surface area contributed by atoms with Gasteiger partial charge in [-0.1, -0.05) is 163 Å². The second kappa shape index (κ2) is 42.0. The number of carbonyl (C=O) groups excluding carboxylic acids is 2. The smallest absolute Gasteiger partial charge is 0.462 e. The minimum Gasteiger partial charge on any atom is -0.462 e. The number of phosphoric ester groups is 1. The monoisotopic (exact) mass is 965 g/mol. The Bertz CT molecular complexity index is 1490. The molecule has 1 fully saturated rings. The van der Waals surface area contributed by atoms with Crippen molar-refractivity contribution < 1.29 is 63.1 Å². The van der Waals surface area contributed by atoms with Gasteiger partial charge in [0, 0.05) is 12.8 Å². The zero-order valence-electron chi connectivity index (χ0n) is 40.9. The molecule has 67 heavy (non-hydrogen) atoms. The van der Waals surface area contributed by atoms with Gasteiger partial charge in [-0.25, -0.2) is 4.57 Å². The molecule has 0 bridgehead atoms. The van der Waals surface area contributed by atoms with Gasteiger partial charge in [0.2, 0.25) is 0 Å². The maximum atomic E-state index is 12.8. The van der Waals surface area contributed by atoms with Crippen LogP contribution in [0, 0.1) is 0 Å². The molecule has 14 heteroatoms. The van der Waals surface area contributed by atoms with E-state index >= 15 is 0 Å². The Kier molecular flexibility index (Phi) is 38.9. The van der Waals surface area contributed by atoms with Gasteiger partial charge >= 0.3 is 19.8 Å². The molecular formula is C53H89O13P. The van der Waals surface area contributed by atoms with Crippen molar-refractivity contribution in [2.45, 2.75) is 224 Å². The molecule has 0 heterocycles. The molecule has 0 aromatic rings. The van der Waals surface area contributed by atoms with Crippen LogP contribution in [0.5, 0.6) is 0 Å². The number of allylic oxidation sites excluding steroid dienone is 14. The molecule has 384 valence electrons. The summed E-state index contributed by atoms with van der Waals surface area (Å²) in [5, 5.41) is 50.2. The molecule has 0 spiro atoms. The molecular weight excluding hydrogens is 876 g/mol. The second-order valence-corrected chi connectivity index (χ2v) is 18.7. The molecule has 1 aliphatic carbocycles. The van der Waals surface area contributed by atoms with Crippen LogP contribution in [0.15, 0.2) is 85.1 Å². The van der Waals surface area contributed by atoms with Crippen molar-refractivity contribution in [2.75, 3.05) is 13.2 Å². The molecule has 0 aromatic heterocycles. The molecule has 0 aromatic carbocycles. The molecule has 1 aliphatic rings. The number of aliphatic hydroxyl groups excluding tert-OH is 5. The molecule has 13 nitrogen and oxygen atoms in total. The van der Waals surface area contributed by atoms with Gasteiger partial charge in [-0.3, -0.25) is 18.6 Å². The van der Waals surface area contributed by atoms with E-state index < -0.39 is 75.7 Å². The number of hydrogen-bond acceptors (Lipinski definition) is 12. The van der Waals surface area contributed by atoms with E-state index in [-0.39, 0.29) is 12.8 Å². The van der Waals surface area contributed by atoms with Crippen LogP contribution in [0.3, 0.4) is 0 Å². The Labute approximate surface area is 403 Å². The van der Waals surface area contributed by atoms with E-state index in [2.05, 4.69) is 86.8 Å². The Balaban J connectivity index is 2.49. The van der Waals surface area contributed by atoms with Gasteiger partial charge in [-0.05, 0) is 89.9 Å². The van der Waals surface area contributed by atoms with Gasteiger partial charge in [0.1, 0.15) is 43.2 Å². The number of unbranched alkanes of at least 4 members (excludes halogenated alkanes) is 15. The normalized spacial score (nSPS) is 21.9. The Morgan fingerprint density at radius 1 is 0.463 bits per heavy atom. The van der Waals surface area contributed by atoms with Crippen molar-refractivity contribution in [3.63, 3.8) is 0 Å². The van der Waals surface area contributed by atoms with Gasteiger partial charge in [-0.15, -0.1) is 0 Å². The van der Waals surface area contributed by atoms with Gasteiger partial charge in [0.25, 0.3) is 0 Å².